The van der Waals surface area contributed by atoms with Gasteiger partial charge in [-0.15, -0.1) is 17.9 Å². The fourth-order valence-electron chi connectivity index (χ4n) is 6.80. The first-order chi connectivity index (χ1) is 24.7. The van der Waals surface area contributed by atoms with Gasteiger partial charge in [-0.2, -0.15) is 0 Å². The third-order valence-electron chi connectivity index (χ3n) is 10.1. The van der Waals surface area contributed by atoms with E-state index in [4.69, 9.17) is 9.47 Å². The fraction of sp³-hybridized carbons (Fsp3) is 0.550. The van der Waals surface area contributed by atoms with E-state index < -0.39 is 48.1 Å². The van der Waals surface area contributed by atoms with Gasteiger partial charge in [-0.05, 0) is 82.4 Å². The molecule has 0 saturated heterocycles. The summed E-state index contributed by atoms with van der Waals surface area (Å²) in [5.74, 6) is -2.60. The number of hydrogen-bond acceptors (Lipinski definition) is 10. The lowest BCUT2D eigenvalue weighted by Crippen LogP contribution is -2.48. The van der Waals surface area contributed by atoms with E-state index in [0.29, 0.717) is 45.2 Å². The summed E-state index contributed by atoms with van der Waals surface area (Å²) in [6, 6.07) is 5.87. The van der Waals surface area contributed by atoms with Crippen LogP contribution in [0.1, 0.15) is 102 Å². The number of allylic oxidation sites excluding steroid dienone is 2. The van der Waals surface area contributed by atoms with Gasteiger partial charge in [0.1, 0.15) is 18.0 Å². The zero-order valence-electron chi connectivity index (χ0n) is 31.0. The van der Waals surface area contributed by atoms with Crippen molar-refractivity contribution in [2.45, 2.75) is 111 Å². The number of amides is 3. The van der Waals surface area contributed by atoms with E-state index >= 15 is 0 Å². The SMILES string of the molecule is C=CC[C@H]1C(=O)C(C)(C)[C@@H](O)CC(=O)O[C@H](c2ccc3sc(C)nc3c2)CC=C(C)CCC[C@H](C)[C@@H]1OC(=O)NCCCCCN1C(=O)C=CC1=O. The van der Waals surface area contributed by atoms with Crippen molar-refractivity contribution < 1.29 is 38.6 Å². The molecule has 2 aliphatic rings. The normalized spacial score (nSPS) is 24.8. The van der Waals surface area contributed by atoms with Crippen LogP contribution in [0.5, 0.6) is 0 Å². The average Bonchev–Trinajstić information content (AvgIpc) is 3.63. The molecule has 0 aliphatic carbocycles. The number of cyclic esters (lactones) is 1. The third-order valence-corrected chi connectivity index (χ3v) is 11.0. The molecule has 0 bridgehead atoms. The number of fused-ring (bicyclic) bond motifs is 1. The van der Waals surface area contributed by atoms with E-state index in [1.807, 2.05) is 39.0 Å². The van der Waals surface area contributed by atoms with Crippen LogP contribution >= 0.6 is 11.3 Å². The van der Waals surface area contributed by atoms with Crippen molar-refractivity contribution in [2.75, 3.05) is 13.1 Å². The summed E-state index contributed by atoms with van der Waals surface area (Å²) >= 11 is 1.60. The zero-order valence-corrected chi connectivity index (χ0v) is 31.8. The highest BCUT2D eigenvalue weighted by Crippen LogP contribution is 2.36. The maximum Gasteiger partial charge on any atom is 0.407 e. The van der Waals surface area contributed by atoms with Crippen molar-refractivity contribution in [1.82, 2.24) is 15.2 Å². The number of hydrogen-bond donors (Lipinski definition) is 2. The van der Waals surface area contributed by atoms with Crippen molar-refractivity contribution in [1.29, 1.82) is 0 Å². The third kappa shape index (κ3) is 10.7. The highest BCUT2D eigenvalue weighted by atomic mass is 32.1. The van der Waals surface area contributed by atoms with Crippen molar-refractivity contribution in [3.8, 4) is 0 Å². The van der Waals surface area contributed by atoms with Gasteiger partial charge < -0.3 is 19.9 Å². The smallest absolute Gasteiger partial charge is 0.407 e. The molecule has 52 heavy (non-hydrogen) atoms. The number of imide groups is 1. The second-order valence-corrected chi connectivity index (χ2v) is 15.8. The highest BCUT2D eigenvalue weighted by Gasteiger charge is 2.45. The monoisotopic (exact) mass is 735 g/mol. The Bertz CT molecular complexity index is 1680. The van der Waals surface area contributed by atoms with Gasteiger partial charge in [-0.25, -0.2) is 9.78 Å². The summed E-state index contributed by atoms with van der Waals surface area (Å²) in [4.78, 5) is 70.1. The predicted molar refractivity (Wildman–Crippen MR) is 200 cm³/mol. The Kier molecular flexibility index (Phi) is 14.5. The quantitative estimate of drug-likeness (QED) is 0.113. The number of alkyl carbamates (subject to hydrolysis) is 1. The van der Waals surface area contributed by atoms with Crippen molar-refractivity contribution in [3.05, 3.63) is 65.2 Å². The lowest BCUT2D eigenvalue weighted by Gasteiger charge is -2.37. The number of rotatable bonds is 10. The van der Waals surface area contributed by atoms with Crippen molar-refractivity contribution in [2.24, 2.45) is 17.3 Å². The van der Waals surface area contributed by atoms with E-state index in [1.165, 1.54) is 17.1 Å². The molecule has 2 aromatic rings. The number of carbonyl (C=O) groups excluding carboxylic acids is 5. The van der Waals surface area contributed by atoms with Crippen LogP contribution in [0.25, 0.3) is 10.2 Å². The van der Waals surface area contributed by atoms with E-state index in [9.17, 15) is 29.1 Å². The molecule has 282 valence electrons. The first kappa shape index (κ1) is 40.6. The molecular formula is C40H53N3O8S. The number of ether oxygens (including phenoxy) is 2. The van der Waals surface area contributed by atoms with Gasteiger partial charge >= 0.3 is 12.1 Å². The molecule has 2 aliphatic heterocycles. The van der Waals surface area contributed by atoms with Crippen LogP contribution < -0.4 is 5.32 Å². The predicted octanol–water partition coefficient (Wildman–Crippen LogP) is 7.07. The molecule has 1 aromatic heterocycles. The summed E-state index contributed by atoms with van der Waals surface area (Å²) in [6.45, 7) is 13.7. The molecule has 0 fully saturated rings. The number of Topliss-reactive ketones (excluding diaryl/α,β-unsaturated/α-hetero) is 1. The molecular weight excluding hydrogens is 683 g/mol. The number of aliphatic hydroxyl groups excluding tert-OH is 1. The molecule has 2 N–H and O–H groups in total. The number of nitrogens with zero attached hydrogens (tertiary/aromatic N) is 2. The minimum atomic E-state index is -1.38. The zero-order chi connectivity index (χ0) is 38.0. The fourth-order valence-corrected chi connectivity index (χ4v) is 7.60. The van der Waals surface area contributed by atoms with Crippen LogP contribution in [0.4, 0.5) is 4.79 Å². The Hall–Kier alpha value is -4.16. The maximum absolute atomic E-state index is 14.3. The first-order valence-electron chi connectivity index (χ1n) is 18.2. The van der Waals surface area contributed by atoms with Crippen LogP contribution in [0.3, 0.4) is 0 Å². The number of carbonyl (C=O) groups is 5. The van der Waals surface area contributed by atoms with E-state index in [0.717, 1.165) is 39.2 Å². The van der Waals surface area contributed by atoms with Crippen LogP contribution in [0.15, 0.2) is 54.7 Å². The van der Waals surface area contributed by atoms with E-state index in [-0.39, 0.29) is 29.9 Å². The Morgan fingerprint density at radius 3 is 2.60 bits per heavy atom. The Balaban J connectivity index is 1.47. The van der Waals surface area contributed by atoms with Crippen molar-refractivity contribution >= 4 is 51.2 Å². The van der Waals surface area contributed by atoms with Crippen LogP contribution in [-0.2, 0) is 28.7 Å². The van der Waals surface area contributed by atoms with Gasteiger partial charge in [-0.1, -0.05) is 44.6 Å². The summed E-state index contributed by atoms with van der Waals surface area (Å²) in [6.07, 6.45) is 7.16. The van der Waals surface area contributed by atoms with Crippen molar-refractivity contribution in [3.63, 3.8) is 0 Å². The lowest BCUT2D eigenvalue weighted by molar-refractivity contribution is -0.156. The molecule has 3 amide bonds. The minimum Gasteiger partial charge on any atom is -0.457 e. The van der Waals surface area contributed by atoms with E-state index in [2.05, 4.69) is 23.0 Å². The molecule has 12 heteroatoms. The molecule has 0 unspecified atom stereocenters. The topological polar surface area (TPSA) is 152 Å². The molecule has 3 heterocycles. The average molecular weight is 736 g/mol. The van der Waals surface area contributed by atoms with Crippen LogP contribution in [0.2, 0.25) is 0 Å². The number of thiazole rings is 1. The number of aromatic nitrogens is 1. The second kappa shape index (κ2) is 18.6. The number of benzene rings is 1. The molecule has 4 rings (SSSR count). The van der Waals surface area contributed by atoms with Gasteiger partial charge in [0.2, 0.25) is 0 Å². The molecule has 1 aromatic carbocycles. The van der Waals surface area contributed by atoms with Gasteiger partial charge in [0, 0.05) is 31.7 Å². The van der Waals surface area contributed by atoms with Crippen LogP contribution in [-0.4, -0.2) is 69.9 Å². The summed E-state index contributed by atoms with van der Waals surface area (Å²) in [5, 5.41) is 15.1. The number of aliphatic hydroxyl groups is 1. The molecule has 11 nitrogen and oxygen atoms in total. The number of aryl methyl sites for hydroxylation is 1. The van der Waals surface area contributed by atoms with Gasteiger partial charge in [-0.3, -0.25) is 24.1 Å². The Morgan fingerprint density at radius 1 is 1.15 bits per heavy atom. The Morgan fingerprint density at radius 2 is 1.88 bits per heavy atom. The Labute approximate surface area is 310 Å². The summed E-state index contributed by atoms with van der Waals surface area (Å²) in [7, 11) is 0. The molecule has 0 saturated carbocycles. The maximum atomic E-state index is 14.3. The highest BCUT2D eigenvalue weighted by molar-refractivity contribution is 7.18. The minimum absolute atomic E-state index is 0.205. The van der Waals surface area contributed by atoms with Gasteiger partial charge in [0.05, 0.1) is 39.1 Å². The lowest BCUT2D eigenvalue weighted by atomic mass is 9.71. The van der Waals surface area contributed by atoms with Gasteiger partial charge in [0.25, 0.3) is 11.8 Å². The number of esters is 1. The molecule has 0 radical (unpaired) electrons. The first-order valence-corrected chi connectivity index (χ1v) is 19.1. The van der Waals surface area contributed by atoms with Gasteiger partial charge in [0.15, 0.2) is 0 Å². The molecule has 5 atom stereocenters. The largest absolute Gasteiger partial charge is 0.457 e. The summed E-state index contributed by atoms with van der Waals surface area (Å²) < 4.78 is 13.1. The number of unbranched alkanes of at least 4 members (excludes halogenated alkanes) is 2. The molecule has 0 spiro atoms. The second-order valence-electron chi connectivity index (χ2n) is 14.5. The standard InChI is InChI=1S/C40H53N3O8S/c1-7-12-29-37(51-39(49)41-21-9-8-10-22-43-34(45)19-20-35(43)46)26(3)14-11-13-25(2)15-17-31(28-16-18-32-30(23-28)42-27(4)52-32)50-36(47)24-33(44)40(5,6)38(29)48/h7,15-16,18-20,23,26,29,31,33,37,44H,1,8-14,17,21-22,24H2,2-6H3,(H,41,49)/t26-,29+,31-,33-,37-/m0/s1. The van der Waals surface area contributed by atoms with E-state index in [1.54, 1.807) is 31.3 Å². The number of ketones is 1. The van der Waals surface area contributed by atoms with Crippen LogP contribution in [0, 0.1) is 24.2 Å². The number of nitrogens with one attached hydrogen (secondary N) is 1. The summed E-state index contributed by atoms with van der Waals surface area (Å²) in [5.41, 5.74) is 1.40.